The highest BCUT2D eigenvalue weighted by Crippen LogP contribution is 2.55. The summed E-state index contributed by atoms with van der Waals surface area (Å²) in [5, 5.41) is 0. The number of hydrogen-bond donors (Lipinski definition) is 0. The summed E-state index contributed by atoms with van der Waals surface area (Å²) >= 11 is 2.14. The Morgan fingerprint density at radius 3 is 2.12 bits per heavy atom. The third kappa shape index (κ3) is 2.85. The topological polar surface area (TPSA) is 72.9 Å². The van der Waals surface area contributed by atoms with E-state index < -0.39 is 11.9 Å². The Morgan fingerprint density at radius 2 is 1.60 bits per heavy atom. The van der Waals surface area contributed by atoms with Crippen molar-refractivity contribution in [3.8, 4) is 0 Å². The van der Waals surface area contributed by atoms with Crippen LogP contribution in [-0.2, 0) is 23.9 Å². The number of amides is 1. The van der Waals surface area contributed by atoms with Crippen molar-refractivity contribution in [2.75, 3.05) is 25.7 Å². The number of carbonyl (C=O) groups is 3. The number of rotatable bonds is 3. The van der Waals surface area contributed by atoms with E-state index >= 15 is 0 Å². The van der Waals surface area contributed by atoms with E-state index in [1.165, 1.54) is 14.2 Å². The normalized spacial score (nSPS) is 16.4. The van der Waals surface area contributed by atoms with Gasteiger partial charge in [-0.1, -0.05) is 41.7 Å². The highest BCUT2D eigenvalue weighted by molar-refractivity contribution is 8.29. The predicted molar refractivity (Wildman–Crippen MR) is 97.6 cm³/mol. The number of benzene rings is 1. The molecule has 1 aromatic rings. The number of anilines is 1. The molecule has 0 spiro atoms. The van der Waals surface area contributed by atoms with Crippen LogP contribution in [0, 0.1) is 0 Å². The Morgan fingerprint density at radius 1 is 1.04 bits per heavy atom. The number of ether oxygens (including phenoxy) is 2. The molecule has 0 aromatic heterocycles. The maximum Gasteiger partial charge on any atom is 0.346 e. The van der Waals surface area contributed by atoms with Crippen LogP contribution in [0.2, 0.25) is 0 Å². The van der Waals surface area contributed by atoms with Crippen LogP contribution in [0.1, 0.15) is 12.5 Å². The molecule has 6 nitrogen and oxygen atoms in total. The van der Waals surface area contributed by atoms with Crippen molar-refractivity contribution in [2.45, 2.75) is 6.92 Å². The number of thioether (sulfide) groups is 2. The first-order chi connectivity index (χ1) is 12.0. The second kappa shape index (κ2) is 6.97. The summed E-state index contributed by atoms with van der Waals surface area (Å²) in [6.45, 7) is 2.43. The summed E-state index contributed by atoms with van der Waals surface area (Å²) in [6, 6.07) is 7.46. The summed E-state index contributed by atoms with van der Waals surface area (Å²) in [5.74, 6) is -1.40. The van der Waals surface area contributed by atoms with Gasteiger partial charge in [0.25, 0.3) is 5.91 Å². The Labute approximate surface area is 153 Å². The number of fused-ring (bicyclic) bond motifs is 1. The maximum atomic E-state index is 12.9. The maximum absolute atomic E-state index is 12.9. The van der Waals surface area contributed by atoms with Crippen LogP contribution in [0.5, 0.6) is 0 Å². The minimum atomic E-state index is -0.625. The lowest BCUT2D eigenvalue weighted by Crippen LogP contribution is -2.25. The minimum absolute atomic E-state index is 0.141. The number of para-hydroxylation sites is 1. The van der Waals surface area contributed by atoms with E-state index in [0.29, 0.717) is 16.4 Å². The molecular formula is C17H15NO5S2. The van der Waals surface area contributed by atoms with Gasteiger partial charge in [0.1, 0.15) is 9.81 Å². The lowest BCUT2D eigenvalue weighted by Gasteiger charge is -2.13. The molecule has 0 aliphatic carbocycles. The standard InChI is InChI=1S/C17H15NO5S2/c1-4-18-10-8-6-5-7-9(10)11(14(18)19)17-24-12(15(20)22-2)13(25-17)16(21)23-3/h5-8H,4H2,1-3H3. The molecule has 0 N–H and O–H groups in total. The fourth-order valence-corrected chi connectivity index (χ4v) is 5.22. The third-order valence-electron chi connectivity index (χ3n) is 3.78. The molecule has 0 saturated heterocycles. The lowest BCUT2D eigenvalue weighted by molar-refractivity contribution is -0.138. The smallest absolute Gasteiger partial charge is 0.346 e. The molecule has 0 unspecified atom stereocenters. The van der Waals surface area contributed by atoms with Gasteiger partial charge in [0, 0.05) is 12.1 Å². The first-order valence-corrected chi connectivity index (χ1v) is 9.08. The number of likely N-dealkylation sites (N-methyl/N-ethyl adjacent to an activating group) is 1. The zero-order valence-electron chi connectivity index (χ0n) is 13.8. The van der Waals surface area contributed by atoms with Crippen molar-refractivity contribution in [2.24, 2.45) is 0 Å². The Bertz CT molecular complexity index is 813. The van der Waals surface area contributed by atoms with Gasteiger partial charge >= 0.3 is 11.9 Å². The summed E-state index contributed by atoms with van der Waals surface area (Å²) in [5.41, 5.74) is 2.11. The van der Waals surface area contributed by atoms with Gasteiger partial charge in [0.15, 0.2) is 0 Å². The molecule has 2 heterocycles. The molecule has 1 amide bonds. The van der Waals surface area contributed by atoms with Crippen LogP contribution in [0.4, 0.5) is 5.69 Å². The van der Waals surface area contributed by atoms with Crippen molar-refractivity contribution in [3.05, 3.63) is 43.9 Å². The largest absolute Gasteiger partial charge is 0.465 e. The fraction of sp³-hybridized carbons (Fsp3) is 0.235. The zero-order chi connectivity index (χ0) is 18.1. The van der Waals surface area contributed by atoms with Gasteiger partial charge in [-0.2, -0.15) is 0 Å². The van der Waals surface area contributed by atoms with Crippen molar-refractivity contribution in [1.82, 2.24) is 0 Å². The highest BCUT2D eigenvalue weighted by Gasteiger charge is 2.39. The molecule has 1 aromatic carbocycles. The summed E-state index contributed by atoms with van der Waals surface area (Å²) < 4.78 is 10.1. The van der Waals surface area contributed by atoms with Gasteiger partial charge < -0.3 is 14.4 Å². The van der Waals surface area contributed by atoms with Gasteiger partial charge in [0.2, 0.25) is 0 Å². The average Bonchev–Trinajstić information content (AvgIpc) is 3.18. The quantitative estimate of drug-likeness (QED) is 0.592. The van der Waals surface area contributed by atoms with E-state index in [-0.39, 0.29) is 15.7 Å². The number of esters is 2. The van der Waals surface area contributed by atoms with Gasteiger partial charge in [-0.25, -0.2) is 9.59 Å². The second-order valence-electron chi connectivity index (χ2n) is 5.07. The molecule has 3 rings (SSSR count). The molecule has 130 valence electrons. The molecular weight excluding hydrogens is 362 g/mol. The molecule has 0 atom stereocenters. The molecule has 2 aliphatic rings. The summed E-state index contributed by atoms with van der Waals surface area (Å²) in [7, 11) is 2.49. The molecule has 0 bridgehead atoms. The van der Waals surface area contributed by atoms with E-state index in [9.17, 15) is 14.4 Å². The SMILES string of the molecule is CCN1C(=O)C(=C2SC(C(=O)OC)=C(C(=O)OC)S2)c2ccccc21. The molecule has 2 aliphatic heterocycles. The third-order valence-corrected chi connectivity index (χ3v) is 6.34. The number of carbonyl (C=O) groups excluding carboxylic acids is 3. The fourth-order valence-electron chi connectivity index (χ4n) is 2.65. The van der Waals surface area contributed by atoms with Crippen LogP contribution in [-0.4, -0.2) is 38.6 Å². The number of hydrogen-bond acceptors (Lipinski definition) is 7. The van der Waals surface area contributed by atoms with E-state index in [2.05, 4.69) is 0 Å². The van der Waals surface area contributed by atoms with Crippen LogP contribution < -0.4 is 4.90 Å². The first kappa shape index (κ1) is 17.6. The Kier molecular flexibility index (Phi) is 4.91. The predicted octanol–water partition coefficient (Wildman–Crippen LogP) is 2.76. The zero-order valence-corrected chi connectivity index (χ0v) is 15.5. The van der Waals surface area contributed by atoms with Gasteiger partial charge in [-0.3, -0.25) is 4.79 Å². The second-order valence-corrected chi connectivity index (χ2v) is 7.37. The van der Waals surface area contributed by atoms with Crippen molar-refractivity contribution in [1.29, 1.82) is 0 Å². The first-order valence-electron chi connectivity index (χ1n) is 7.45. The Hall–Kier alpha value is -2.19. The molecule has 25 heavy (non-hydrogen) atoms. The lowest BCUT2D eigenvalue weighted by atomic mass is 10.1. The van der Waals surface area contributed by atoms with Gasteiger partial charge in [-0.15, -0.1) is 0 Å². The molecule has 0 radical (unpaired) electrons. The number of methoxy groups -OCH3 is 2. The van der Waals surface area contributed by atoms with E-state index in [4.69, 9.17) is 9.47 Å². The van der Waals surface area contributed by atoms with Crippen LogP contribution in [0.25, 0.3) is 5.57 Å². The number of nitrogens with zero attached hydrogens (tertiary/aromatic N) is 1. The molecule has 0 fully saturated rings. The van der Waals surface area contributed by atoms with Crippen LogP contribution >= 0.6 is 23.5 Å². The molecule has 8 heteroatoms. The van der Waals surface area contributed by atoms with E-state index in [1.807, 2.05) is 31.2 Å². The van der Waals surface area contributed by atoms with Crippen LogP contribution in [0.15, 0.2) is 38.3 Å². The Balaban J connectivity index is 2.10. The highest BCUT2D eigenvalue weighted by atomic mass is 32.2. The van der Waals surface area contributed by atoms with Crippen molar-refractivity contribution < 1.29 is 23.9 Å². The summed E-state index contributed by atoms with van der Waals surface area (Å²) in [6.07, 6.45) is 0. The van der Waals surface area contributed by atoms with Crippen LogP contribution in [0.3, 0.4) is 0 Å². The average molecular weight is 377 g/mol. The minimum Gasteiger partial charge on any atom is -0.465 e. The summed E-state index contributed by atoms with van der Waals surface area (Å²) in [4.78, 5) is 38.8. The monoisotopic (exact) mass is 377 g/mol. The molecule has 0 saturated carbocycles. The van der Waals surface area contributed by atoms with E-state index in [0.717, 1.165) is 34.8 Å². The van der Waals surface area contributed by atoms with Crippen molar-refractivity contribution >= 4 is 52.6 Å². The van der Waals surface area contributed by atoms with Gasteiger partial charge in [0.05, 0.1) is 29.7 Å². The van der Waals surface area contributed by atoms with E-state index in [1.54, 1.807) is 4.90 Å². The van der Waals surface area contributed by atoms with Crippen molar-refractivity contribution in [3.63, 3.8) is 0 Å². The van der Waals surface area contributed by atoms with Gasteiger partial charge in [-0.05, 0) is 13.0 Å².